The molecule has 3 aromatic rings. The second-order valence-corrected chi connectivity index (χ2v) is 5.41. The van der Waals surface area contributed by atoms with Gasteiger partial charge < -0.3 is 5.32 Å². The molecular weight excluding hydrogens is 282 g/mol. The number of hydrogen-bond donors (Lipinski definition) is 1. The number of thiophene rings is 1. The lowest BCUT2D eigenvalue weighted by molar-refractivity contribution is 0.0952. The third-order valence-electron chi connectivity index (χ3n) is 3.15. The zero-order valence-corrected chi connectivity index (χ0v) is 12.2. The van der Waals surface area contributed by atoms with E-state index in [1.165, 1.54) is 11.3 Å². The number of carbonyl (C=O) groups excluding carboxylic acids is 1. The standard InChI is InChI=1S/C16H15N3OS/c20-16(14-6-9-21-12-14)17-7-8-19-11-15(10-18-19)13-4-2-1-3-5-13/h1-6,9-12H,7-8H2,(H,17,20). The predicted molar refractivity (Wildman–Crippen MR) is 84.3 cm³/mol. The molecule has 0 saturated heterocycles. The molecule has 106 valence electrons. The van der Waals surface area contributed by atoms with Crippen molar-refractivity contribution in [2.45, 2.75) is 6.54 Å². The molecule has 0 aliphatic heterocycles. The summed E-state index contributed by atoms with van der Waals surface area (Å²) in [6.45, 7) is 1.22. The van der Waals surface area contributed by atoms with Crippen LogP contribution in [-0.4, -0.2) is 22.2 Å². The Morgan fingerprint density at radius 1 is 1.19 bits per heavy atom. The van der Waals surface area contributed by atoms with Crippen molar-refractivity contribution in [3.63, 3.8) is 0 Å². The van der Waals surface area contributed by atoms with E-state index >= 15 is 0 Å². The van der Waals surface area contributed by atoms with Gasteiger partial charge in [-0.2, -0.15) is 16.4 Å². The van der Waals surface area contributed by atoms with Gasteiger partial charge in [-0.15, -0.1) is 0 Å². The molecule has 0 aliphatic carbocycles. The van der Waals surface area contributed by atoms with E-state index in [4.69, 9.17) is 0 Å². The Labute approximate surface area is 127 Å². The highest BCUT2D eigenvalue weighted by Crippen LogP contribution is 2.17. The summed E-state index contributed by atoms with van der Waals surface area (Å²) in [5.41, 5.74) is 2.94. The van der Waals surface area contributed by atoms with Gasteiger partial charge in [-0.3, -0.25) is 9.48 Å². The zero-order chi connectivity index (χ0) is 14.5. The Hall–Kier alpha value is -2.40. The van der Waals surface area contributed by atoms with Crippen LogP contribution in [0.1, 0.15) is 10.4 Å². The van der Waals surface area contributed by atoms with Crippen molar-refractivity contribution in [1.29, 1.82) is 0 Å². The lowest BCUT2D eigenvalue weighted by Crippen LogP contribution is -2.26. The number of rotatable bonds is 5. The molecule has 4 nitrogen and oxygen atoms in total. The third kappa shape index (κ3) is 3.38. The Balaban J connectivity index is 1.55. The number of amides is 1. The molecule has 0 atom stereocenters. The molecule has 21 heavy (non-hydrogen) atoms. The van der Waals surface area contributed by atoms with Gasteiger partial charge in [0.25, 0.3) is 5.91 Å². The van der Waals surface area contributed by atoms with Gasteiger partial charge in [0.2, 0.25) is 0 Å². The molecule has 0 saturated carbocycles. The van der Waals surface area contributed by atoms with Gasteiger partial charge in [0.15, 0.2) is 0 Å². The predicted octanol–water partition coefficient (Wildman–Crippen LogP) is 3.04. The van der Waals surface area contributed by atoms with Crippen molar-refractivity contribution in [1.82, 2.24) is 15.1 Å². The van der Waals surface area contributed by atoms with Gasteiger partial charge >= 0.3 is 0 Å². The number of hydrogen-bond acceptors (Lipinski definition) is 3. The highest BCUT2D eigenvalue weighted by molar-refractivity contribution is 7.08. The molecule has 5 heteroatoms. The van der Waals surface area contributed by atoms with Crippen LogP contribution in [0.2, 0.25) is 0 Å². The Morgan fingerprint density at radius 3 is 2.81 bits per heavy atom. The maximum Gasteiger partial charge on any atom is 0.252 e. The van der Waals surface area contributed by atoms with Gasteiger partial charge in [0, 0.05) is 29.2 Å². The van der Waals surface area contributed by atoms with Crippen LogP contribution in [0.5, 0.6) is 0 Å². The Kier molecular flexibility index (Phi) is 4.12. The molecule has 0 bridgehead atoms. The second-order valence-electron chi connectivity index (χ2n) is 4.63. The minimum Gasteiger partial charge on any atom is -0.350 e. The van der Waals surface area contributed by atoms with E-state index in [0.29, 0.717) is 18.7 Å². The molecule has 1 N–H and O–H groups in total. The van der Waals surface area contributed by atoms with E-state index in [1.807, 2.05) is 52.1 Å². The summed E-state index contributed by atoms with van der Waals surface area (Å²) in [5.74, 6) is -0.0355. The van der Waals surface area contributed by atoms with E-state index < -0.39 is 0 Å². The fourth-order valence-corrected chi connectivity index (χ4v) is 2.68. The molecule has 0 spiro atoms. The number of carbonyl (C=O) groups is 1. The molecule has 1 amide bonds. The average molecular weight is 297 g/mol. The summed E-state index contributed by atoms with van der Waals surface area (Å²) in [6.07, 6.45) is 3.84. The topological polar surface area (TPSA) is 46.9 Å². The van der Waals surface area contributed by atoms with Crippen molar-refractivity contribution in [3.05, 3.63) is 65.1 Å². The Bertz CT molecular complexity index is 704. The van der Waals surface area contributed by atoms with E-state index in [-0.39, 0.29) is 5.91 Å². The van der Waals surface area contributed by atoms with Crippen LogP contribution in [0, 0.1) is 0 Å². The van der Waals surface area contributed by atoms with Crippen LogP contribution in [0.4, 0.5) is 0 Å². The maximum absolute atomic E-state index is 11.8. The van der Waals surface area contributed by atoms with E-state index in [2.05, 4.69) is 22.5 Å². The average Bonchev–Trinajstić information content (AvgIpc) is 3.20. The highest BCUT2D eigenvalue weighted by atomic mass is 32.1. The van der Waals surface area contributed by atoms with Crippen molar-refractivity contribution < 1.29 is 4.79 Å². The smallest absolute Gasteiger partial charge is 0.252 e. The first-order valence-electron chi connectivity index (χ1n) is 6.71. The van der Waals surface area contributed by atoms with Crippen molar-refractivity contribution in [3.8, 4) is 11.1 Å². The van der Waals surface area contributed by atoms with Crippen LogP contribution in [-0.2, 0) is 6.54 Å². The third-order valence-corrected chi connectivity index (χ3v) is 3.83. The summed E-state index contributed by atoms with van der Waals surface area (Å²) in [5, 5.41) is 11.0. The molecular formula is C16H15N3OS. The van der Waals surface area contributed by atoms with E-state index in [0.717, 1.165) is 11.1 Å². The number of benzene rings is 1. The minimum absolute atomic E-state index is 0.0355. The fourth-order valence-electron chi connectivity index (χ4n) is 2.05. The van der Waals surface area contributed by atoms with Crippen molar-refractivity contribution in [2.24, 2.45) is 0 Å². The lowest BCUT2D eigenvalue weighted by atomic mass is 10.1. The lowest BCUT2D eigenvalue weighted by Gasteiger charge is -2.04. The normalized spacial score (nSPS) is 10.5. The van der Waals surface area contributed by atoms with Crippen molar-refractivity contribution >= 4 is 17.2 Å². The zero-order valence-electron chi connectivity index (χ0n) is 11.4. The van der Waals surface area contributed by atoms with Gasteiger partial charge in [-0.05, 0) is 17.0 Å². The summed E-state index contributed by atoms with van der Waals surface area (Å²) >= 11 is 1.52. The van der Waals surface area contributed by atoms with Gasteiger partial charge in [-0.1, -0.05) is 30.3 Å². The first-order chi connectivity index (χ1) is 10.3. The quantitative estimate of drug-likeness (QED) is 0.787. The van der Waals surface area contributed by atoms with Gasteiger partial charge in [0.1, 0.15) is 0 Å². The first-order valence-corrected chi connectivity index (χ1v) is 7.65. The van der Waals surface area contributed by atoms with E-state index in [9.17, 15) is 4.79 Å². The molecule has 3 rings (SSSR count). The molecule has 1 aromatic carbocycles. The molecule has 0 aliphatic rings. The number of aromatic nitrogens is 2. The fraction of sp³-hybridized carbons (Fsp3) is 0.125. The maximum atomic E-state index is 11.8. The highest BCUT2D eigenvalue weighted by Gasteiger charge is 2.05. The van der Waals surface area contributed by atoms with Crippen LogP contribution in [0.25, 0.3) is 11.1 Å². The monoisotopic (exact) mass is 297 g/mol. The Morgan fingerprint density at radius 2 is 2.05 bits per heavy atom. The van der Waals surface area contributed by atoms with Crippen LogP contribution in [0.3, 0.4) is 0 Å². The van der Waals surface area contributed by atoms with Crippen LogP contribution < -0.4 is 5.32 Å². The van der Waals surface area contributed by atoms with Crippen LogP contribution in [0.15, 0.2) is 59.6 Å². The van der Waals surface area contributed by atoms with Crippen molar-refractivity contribution in [2.75, 3.05) is 6.54 Å². The van der Waals surface area contributed by atoms with Crippen LogP contribution >= 0.6 is 11.3 Å². The summed E-state index contributed by atoms with van der Waals surface area (Å²) in [6, 6.07) is 11.9. The second kappa shape index (κ2) is 6.37. The van der Waals surface area contributed by atoms with E-state index in [1.54, 1.807) is 0 Å². The molecule has 0 radical (unpaired) electrons. The largest absolute Gasteiger partial charge is 0.350 e. The molecule has 0 fully saturated rings. The molecule has 0 unspecified atom stereocenters. The number of nitrogens with zero attached hydrogens (tertiary/aromatic N) is 2. The summed E-state index contributed by atoms with van der Waals surface area (Å²) < 4.78 is 1.84. The summed E-state index contributed by atoms with van der Waals surface area (Å²) in [4.78, 5) is 11.8. The molecule has 2 heterocycles. The van der Waals surface area contributed by atoms with Gasteiger partial charge in [0.05, 0.1) is 12.7 Å². The minimum atomic E-state index is -0.0355. The first kappa shape index (κ1) is 13.6. The SMILES string of the molecule is O=C(NCCn1cc(-c2ccccc2)cn1)c1ccsc1. The molecule has 2 aromatic heterocycles. The summed E-state index contributed by atoms with van der Waals surface area (Å²) in [7, 11) is 0. The number of nitrogens with one attached hydrogen (secondary N) is 1. The van der Waals surface area contributed by atoms with Gasteiger partial charge in [-0.25, -0.2) is 0 Å².